The molecule has 5 nitrogen and oxygen atoms in total. The molecule has 0 radical (unpaired) electrons. The molecule has 0 spiro atoms. The van der Waals surface area contributed by atoms with Crippen molar-refractivity contribution in [1.82, 2.24) is 4.98 Å². The number of fused-ring (bicyclic) bond motifs is 1. The van der Waals surface area contributed by atoms with E-state index in [9.17, 15) is 4.39 Å². The molecule has 4 rings (SSSR count). The molecule has 1 unspecified atom stereocenters. The summed E-state index contributed by atoms with van der Waals surface area (Å²) in [6, 6.07) is 9.60. The highest BCUT2D eigenvalue weighted by Crippen LogP contribution is 2.34. The summed E-state index contributed by atoms with van der Waals surface area (Å²) in [5.41, 5.74) is 8.02. The number of aliphatic imine (C=N–C) groups is 1. The fraction of sp³-hybridized carbons (Fsp3) is 0.300. The molecular weight excluding hydrogens is 369 g/mol. The fourth-order valence-electron chi connectivity index (χ4n) is 2.91. The monoisotopic (exact) mass is 389 g/mol. The van der Waals surface area contributed by atoms with Gasteiger partial charge in [0.1, 0.15) is 11.3 Å². The summed E-state index contributed by atoms with van der Waals surface area (Å²) in [7, 11) is 0. The van der Waals surface area contributed by atoms with Gasteiger partial charge >= 0.3 is 0 Å². The van der Waals surface area contributed by atoms with Gasteiger partial charge in [0, 0.05) is 28.1 Å². The van der Waals surface area contributed by atoms with Gasteiger partial charge in [-0.15, -0.1) is 0 Å². The number of oxazole rings is 1. The van der Waals surface area contributed by atoms with Gasteiger partial charge < -0.3 is 14.9 Å². The van der Waals surface area contributed by atoms with Gasteiger partial charge in [-0.1, -0.05) is 32.4 Å². The minimum atomic E-state index is -0.410. The van der Waals surface area contributed by atoms with Crippen molar-refractivity contribution in [3.05, 3.63) is 52.8 Å². The zero-order valence-corrected chi connectivity index (χ0v) is 16.1. The first-order valence-electron chi connectivity index (χ1n) is 8.83. The van der Waals surface area contributed by atoms with Gasteiger partial charge in [0.15, 0.2) is 5.58 Å². The number of halogens is 2. The molecule has 7 heteroatoms. The average Bonchev–Trinajstić information content (AvgIpc) is 3.09. The SMILES string of the molecule is CC.C[C@H]1COC(N)=NC1c1cc(-c2nc3ccc(Cl)cc3o2)ccc1F. The van der Waals surface area contributed by atoms with Crippen LogP contribution >= 0.6 is 11.6 Å². The highest BCUT2D eigenvalue weighted by molar-refractivity contribution is 6.31. The van der Waals surface area contributed by atoms with Crippen LogP contribution in [0.25, 0.3) is 22.6 Å². The van der Waals surface area contributed by atoms with Crippen molar-refractivity contribution in [2.24, 2.45) is 16.6 Å². The zero-order chi connectivity index (χ0) is 19.6. The normalized spacial score (nSPS) is 19.1. The van der Waals surface area contributed by atoms with Crippen LogP contribution in [0.2, 0.25) is 5.02 Å². The Morgan fingerprint density at radius 2 is 1.96 bits per heavy atom. The fourth-order valence-corrected chi connectivity index (χ4v) is 3.07. The number of rotatable bonds is 2. The van der Waals surface area contributed by atoms with Gasteiger partial charge in [0.05, 0.1) is 12.6 Å². The summed E-state index contributed by atoms with van der Waals surface area (Å²) in [4.78, 5) is 8.69. The molecule has 2 atom stereocenters. The number of ether oxygens (including phenoxy) is 1. The minimum Gasteiger partial charge on any atom is -0.465 e. The van der Waals surface area contributed by atoms with Crippen molar-refractivity contribution in [1.29, 1.82) is 0 Å². The van der Waals surface area contributed by atoms with Gasteiger partial charge in [-0.3, -0.25) is 0 Å². The van der Waals surface area contributed by atoms with Crippen LogP contribution in [0.5, 0.6) is 0 Å². The zero-order valence-electron chi connectivity index (χ0n) is 15.4. The van der Waals surface area contributed by atoms with Crippen molar-refractivity contribution in [2.45, 2.75) is 26.8 Å². The standard InChI is InChI=1S/C18H15ClFN3O2.C2H6/c1-9-8-24-18(21)23-16(9)12-6-10(2-4-13(12)20)17-22-14-5-3-11(19)7-15(14)25-17;1-2/h2-7,9,16H,8H2,1H3,(H2,21,23);1-2H3/t9-,16?;/m0./s1. The molecule has 0 bridgehead atoms. The van der Waals surface area contributed by atoms with E-state index in [1.165, 1.54) is 6.07 Å². The van der Waals surface area contributed by atoms with Crippen LogP contribution in [0.4, 0.5) is 4.39 Å². The van der Waals surface area contributed by atoms with Crippen molar-refractivity contribution in [3.63, 3.8) is 0 Å². The van der Waals surface area contributed by atoms with E-state index < -0.39 is 6.04 Å². The second kappa shape index (κ2) is 7.96. The summed E-state index contributed by atoms with van der Waals surface area (Å²) < 4.78 is 25.4. The first-order valence-corrected chi connectivity index (χ1v) is 9.21. The van der Waals surface area contributed by atoms with E-state index in [1.807, 2.05) is 20.8 Å². The lowest BCUT2D eigenvalue weighted by molar-refractivity contribution is 0.195. The molecule has 0 aliphatic carbocycles. The van der Waals surface area contributed by atoms with Gasteiger partial charge in [-0.2, -0.15) is 0 Å². The molecule has 0 saturated carbocycles. The van der Waals surface area contributed by atoms with E-state index in [4.69, 9.17) is 26.5 Å². The lowest BCUT2D eigenvalue weighted by Gasteiger charge is -2.26. The maximum atomic E-state index is 14.4. The number of hydrogen-bond acceptors (Lipinski definition) is 5. The Morgan fingerprint density at radius 1 is 1.19 bits per heavy atom. The van der Waals surface area contributed by atoms with Crippen molar-refractivity contribution in [2.75, 3.05) is 6.61 Å². The second-order valence-electron chi connectivity index (χ2n) is 6.07. The van der Waals surface area contributed by atoms with Crippen LogP contribution in [0, 0.1) is 11.7 Å². The van der Waals surface area contributed by atoms with E-state index in [1.54, 1.807) is 30.3 Å². The van der Waals surface area contributed by atoms with Gasteiger partial charge in [0.2, 0.25) is 5.89 Å². The molecule has 2 aromatic carbocycles. The van der Waals surface area contributed by atoms with Crippen LogP contribution in [-0.4, -0.2) is 17.6 Å². The van der Waals surface area contributed by atoms with Crippen LogP contribution in [-0.2, 0) is 4.74 Å². The molecule has 1 aliphatic rings. The molecular formula is C20H21ClFN3O2. The third-order valence-corrected chi connectivity index (χ3v) is 4.45. The Kier molecular flexibility index (Phi) is 5.65. The summed E-state index contributed by atoms with van der Waals surface area (Å²) in [6.45, 7) is 6.33. The number of hydrogen-bond donors (Lipinski definition) is 1. The van der Waals surface area contributed by atoms with Crippen LogP contribution in [0.15, 0.2) is 45.8 Å². The highest BCUT2D eigenvalue weighted by atomic mass is 35.5. The topological polar surface area (TPSA) is 73.6 Å². The van der Waals surface area contributed by atoms with E-state index >= 15 is 0 Å². The quantitative estimate of drug-likeness (QED) is 0.642. The molecule has 0 amide bonds. The average molecular weight is 390 g/mol. The van der Waals surface area contributed by atoms with E-state index in [2.05, 4.69) is 9.98 Å². The van der Waals surface area contributed by atoms with Crippen LogP contribution in [0.1, 0.15) is 32.4 Å². The first kappa shape index (κ1) is 19.2. The predicted molar refractivity (Wildman–Crippen MR) is 105 cm³/mol. The third kappa shape index (κ3) is 3.90. The van der Waals surface area contributed by atoms with Gasteiger partial charge in [-0.25, -0.2) is 14.4 Å². The van der Waals surface area contributed by atoms with Crippen molar-refractivity contribution >= 4 is 28.7 Å². The Morgan fingerprint density at radius 3 is 2.74 bits per heavy atom. The summed E-state index contributed by atoms with van der Waals surface area (Å²) in [6.07, 6.45) is 0. The Hall–Kier alpha value is -2.60. The van der Waals surface area contributed by atoms with Crippen molar-refractivity contribution in [3.8, 4) is 11.5 Å². The smallest absolute Gasteiger partial charge is 0.282 e. The molecule has 1 aliphatic heterocycles. The van der Waals surface area contributed by atoms with E-state index in [-0.39, 0.29) is 17.8 Å². The molecule has 27 heavy (non-hydrogen) atoms. The number of nitrogens with two attached hydrogens (primary N) is 1. The highest BCUT2D eigenvalue weighted by Gasteiger charge is 2.27. The summed E-state index contributed by atoms with van der Waals surface area (Å²) >= 11 is 5.98. The van der Waals surface area contributed by atoms with Gasteiger partial charge in [-0.05, 0) is 30.3 Å². The molecule has 0 saturated heterocycles. The van der Waals surface area contributed by atoms with Crippen LogP contribution in [0.3, 0.4) is 0 Å². The minimum absolute atomic E-state index is 0.000473. The number of aromatic nitrogens is 1. The Balaban J connectivity index is 0.00000102. The maximum absolute atomic E-state index is 14.4. The van der Waals surface area contributed by atoms with E-state index in [0.29, 0.717) is 39.7 Å². The predicted octanol–water partition coefficient (Wildman–Crippen LogP) is 5.34. The summed E-state index contributed by atoms with van der Waals surface area (Å²) in [5.74, 6) is 0.0490. The molecule has 2 heterocycles. The molecule has 1 aromatic heterocycles. The largest absolute Gasteiger partial charge is 0.465 e. The lowest BCUT2D eigenvalue weighted by Crippen LogP contribution is -2.29. The first-order chi connectivity index (χ1) is 13.0. The van der Waals surface area contributed by atoms with Crippen molar-refractivity contribution < 1.29 is 13.5 Å². The lowest BCUT2D eigenvalue weighted by atomic mass is 9.93. The molecule has 142 valence electrons. The number of amidine groups is 1. The Bertz CT molecular complexity index is 987. The molecule has 3 aromatic rings. The van der Waals surface area contributed by atoms with Crippen LogP contribution < -0.4 is 5.73 Å². The molecule has 0 fully saturated rings. The summed E-state index contributed by atoms with van der Waals surface area (Å²) in [5, 5.41) is 0.566. The maximum Gasteiger partial charge on any atom is 0.282 e. The second-order valence-corrected chi connectivity index (χ2v) is 6.50. The number of nitrogens with zero attached hydrogens (tertiary/aromatic N) is 2. The van der Waals surface area contributed by atoms with Gasteiger partial charge in [0.25, 0.3) is 6.02 Å². The Labute approximate surface area is 162 Å². The third-order valence-electron chi connectivity index (χ3n) is 4.21. The molecule has 2 N–H and O–H groups in total. The van der Waals surface area contributed by atoms with E-state index in [0.717, 1.165) is 0 Å². The number of benzene rings is 2.